The minimum absolute atomic E-state index is 0.00646. The number of carboxylic acids is 1. The second kappa shape index (κ2) is 32.4. The van der Waals surface area contributed by atoms with Crippen molar-refractivity contribution >= 4 is 67.5 Å². The fraction of sp³-hybridized carbons (Fsp3) is 0.531. The first kappa shape index (κ1) is 59.7. The molecule has 3 N–H and O–H groups in total. The van der Waals surface area contributed by atoms with Gasteiger partial charge in [0.05, 0.1) is 50.3 Å². The third-order valence-electron chi connectivity index (χ3n) is 11.0. The molecular formula is C49H68I3N4O13-. The molecule has 3 aliphatic heterocycles. The van der Waals surface area contributed by atoms with Crippen molar-refractivity contribution in [3.8, 4) is 0 Å². The number of halogens is 3. The average molecular weight is 1300 g/mol. The van der Waals surface area contributed by atoms with Gasteiger partial charge in [-0.25, -0.2) is 14.4 Å². The molecule has 6 rings (SSSR count). The first-order valence-electron chi connectivity index (χ1n) is 22.5. The summed E-state index contributed by atoms with van der Waals surface area (Å²) in [5.41, 5.74) is 8.19. The van der Waals surface area contributed by atoms with Gasteiger partial charge in [0, 0.05) is 47.0 Å². The number of carbonyl (C=O) groups is 5. The third-order valence-corrected chi connectivity index (χ3v) is 11.0. The minimum atomic E-state index is -0.919. The first-order chi connectivity index (χ1) is 33.0. The maximum absolute atomic E-state index is 12.4. The number of methoxy groups -OCH3 is 3. The Labute approximate surface area is 436 Å². The number of likely N-dealkylation sites (tertiary alicyclic amines) is 3. The molecular weight excluding hydrogens is 1230 g/mol. The maximum atomic E-state index is 12.4. The molecule has 3 saturated heterocycles. The van der Waals surface area contributed by atoms with E-state index < -0.39 is 23.6 Å². The summed E-state index contributed by atoms with van der Waals surface area (Å²) in [6.45, 7) is 8.72. The molecule has 0 unspecified atom stereocenters. The SMILES string of the molecule is CO[C@@H]1C[C@@H](C(=O)O)CN(C(=O)OCc2ccccc2)C1.CO[C@@H]1C[C@@H](CC(=O)OC(C)(C)C)CN(C(=O)OCc2ccccc2)C1.CO[C@@H]1C[C@@H](N)CN(C(=O)OCc2ccccc2)C1.I[I-]I. The molecule has 0 saturated carbocycles. The summed E-state index contributed by atoms with van der Waals surface area (Å²) in [6, 6.07) is 28.4. The second-order valence-electron chi connectivity index (χ2n) is 17.6. The van der Waals surface area contributed by atoms with Gasteiger partial charge >= 0.3 is 80.7 Å². The van der Waals surface area contributed by atoms with Gasteiger partial charge in [-0.05, 0) is 62.6 Å². The molecule has 3 aromatic carbocycles. The van der Waals surface area contributed by atoms with E-state index >= 15 is 0 Å². The van der Waals surface area contributed by atoms with Gasteiger partial charge in [0.25, 0.3) is 0 Å². The number of carboxylic acid groups (broad SMARTS) is 1. The van der Waals surface area contributed by atoms with E-state index in [0.717, 1.165) is 29.5 Å². The normalized spacial score (nSPS) is 21.1. The second-order valence-corrected chi connectivity index (χ2v) is 33.9. The van der Waals surface area contributed by atoms with Gasteiger partial charge in [-0.2, -0.15) is 0 Å². The number of rotatable bonds is 12. The molecule has 384 valence electrons. The van der Waals surface area contributed by atoms with Gasteiger partial charge in [-0.3, -0.25) is 9.59 Å². The molecule has 0 aromatic heterocycles. The monoisotopic (exact) mass is 1300 g/mol. The Morgan fingerprint density at radius 1 is 0.594 bits per heavy atom. The van der Waals surface area contributed by atoms with Crippen LogP contribution in [0.3, 0.4) is 0 Å². The number of benzene rings is 3. The molecule has 3 amide bonds. The molecule has 3 heterocycles. The molecule has 20 heteroatoms. The van der Waals surface area contributed by atoms with Crippen LogP contribution in [-0.4, -0.2) is 141 Å². The van der Waals surface area contributed by atoms with E-state index in [1.54, 1.807) is 24.0 Å². The summed E-state index contributed by atoms with van der Waals surface area (Å²) < 4.78 is 37.2. The topological polar surface area (TPSA) is 206 Å². The van der Waals surface area contributed by atoms with Crippen LogP contribution >= 0.6 is 37.2 Å². The Kier molecular flexibility index (Phi) is 28.1. The van der Waals surface area contributed by atoms with E-state index in [2.05, 4.69) is 37.2 Å². The molecule has 69 heavy (non-hydrogen) atoms. The van der Waals surface area contributed by atoms with E-state index in [0.29, 0.717) is 52.4 Å². The average Bonchev–Trinajstić information content (AvgIpc) is 3.34. The number of nitrogens with zero attached hydrogens (tertiary/aromatic N) is 3. The van der Waals surface area contributed by atoms with Crippen LogP contribution in [0.25, 0.3) is 0 Å². The Morgan fingerprint density at radius 3 is 1.33 bits per heavy atom. The summed E-state index contributed by atoms with van der Waals surface area (Å²) in [5, 5.41) is 9.12. The van der Waals surface area contributed by atoms with E-state index in [1.807, 2.05) is 112 Å². The molecule has 0 aliphatic carbocycles. The van der Waals surface area contributed by atoms with Crippen molar-refractivity contribution in [2.45, 2.75) is 96.2 Å². The van der Waals surface area contributed by atoms with Crippen LogP contribution in [0.2, 0.25) is 0 Å². The van der Waals surface area contributed by atoms with Crippen LogP contribution in [-0.2, 0) is 62.6 Å². The predicted octanol–water partition coefficient (Wildman–Crippen LogP) is 5.28. The van der Waals surface area contributed by atoms with Crippen molar-refractivity contribution in [3.63, 3.8) is 0 Å². The van der Waals surface area contributed by atoms with Crippen LogP contribution in [0.15, 0.2) is 91.0 Å². The molecule has 0 radical (unpaired) electrons. The number of hydrogen-bond donors (Lipinski definition) is 2. The summed E-state index contributed by atoms with van der Waals surface area (Å²) in [4.78, 5) is 64.3. The number of hydrogen-bond acceptors (Lipinski definition) is 13. The zero-order chi connectivity index (χ0) is 50.8. The number of amides is 3. The van der Waals surface area contributed by atoms with Crippen LogP contribution < -0.4 is 19.0 Å². The van der Waals surface area contributed by atoms with Gasteiger partial charge in [-0.1, -0.05) is 91.0 Å². The molecule has 3 fully saturated rings. The Morgan fingerprint density at radius 2 is 0.957 bits per heavy atom. The summed E-state index contributed by atoms with van der Waals surface area (Å²) in [7, 11) is 4.77. The fourth-order valence-electron chi connectivity index (χ4n) is 7.63. The van der Waals surface area contributed by atoms with Crippen LogP contribution in [0.1, 0.15) is 63.1 Å². The van der Waals surface area contributed by atoms with E-state index in [1.165, 1.54) is 12.0 Å². The zero-order valence-electron chi connectivity index (χ0n) is 40.2. The van der Waals surface area contributed by atoms with E-state index in [-0.39, 0.29) is 81.2 Å². The zero-order valence-corrected chi connectivity index (χ0v) is 46.7. The van der Waals surface area contributed by atoms with Crippen molar-refractivity contribution in [1.29, 1.82) is 0 Å². The number of aliphatic carboxylic acids is 1. The Bertz CT molecular complexity index is 1970. The number of esters is 1. The molecule has 3 aliphatic rings. The van der Waals surface area contributed by atoms with Gasteiger partial charge < -0.3 is 58.7 Å². The van der Waals surface area contributed by atoms with Crippen LogP contribution in [0.5, 0.6) is 0 Å². The van der Waals surface area contributed by atoms with Crippen molar-refractivity contribution in [1.82, 2.24) is 14.7 Å². The number of piperidine rings is 3. The molecule has 17 nitrogen and oxygen atoms in total. The predicted molar refractivity (Wildman–Crippen MR) is 272 cm³/mol. The summed E-state index contributed by atoms with van der Waals surface area (Å²) >= 11 is 5.30. The van der Waals surface area contributed by atoms with E-state index in [9.17, 15) is 24.0 Å². The molecule has 6 atom stereocenters. The van der Waals surface area contributed by atoms with Gasteiger partial charge in [0.2, 0.25) is 0 Å². The van der Waals surface area contributed by atoms with Gasteiger partial charge in [0.1, 0.15) is 25.4 Å². The third kappa shape index (κ3) is 23.9. The summed E-state index contributed by atoms with van der Waals surface area (Å²) in [6.07, 6.45) is 0.556. The van der Waals surface area contributed by atoms with Gasteiger partial charge in [0.15, 0.2) is 0 Å². The molecule has 3 aromatic rings. The van der Waals surface area contributed by atoms with Crippen molar-refractivity contribution in [3.05, 3.63) is 108 Å². The number of ether oxygens (including phenoxy) is 7. The Balaban J connectivity index is 0.000000269. The Hall–Kier alpha value is -3.56. The first-order valence-corrected chi connectivity index (χ1v) is 35.1. The van der Waals surface area contributed by atoms with Crippen molar-refractivity contribution in [2.75, 3.05) is 60.6 Å². The quantitative estimate of drug-likeness (QED) is 0.135. The standard InChI is InChI=1S/C20H29NO5.C15H19NO5.C14H20N2O3.I3/c1-20(2,3)26-18(22)11-16-10-17(24-4)13-21(12-16)19(23)25-14-15-8-6-5-7-9-15;1-20-13-7-12(14(17)18)8-16(9-13)15(19)21-10-11-5-3-2-4-6-11;1-18-13-7-12(15)8-16(9-13)14(17)19-10-11-5-3-2-4-6-11;1-3-2/h5-9,16-17H,10-14H2,1-4H3;2-6,12-13H,7-10H2,1H3,(H,17,18);2-6,12-13H,7-10,15H2,1H3;/q;;;-1/t16-,17+;2*12-,13-;/m011./s1. The van der Waals surface area contributed by atoms with Crippen molar-refractivity contribution in [2.24, 2.45) is 17.6 Å². The van der Waals surface area contributed by atoms with Crippen LogP contribution in [0, 0.1) is 11.8 Å². The van der Waals surface area contributed by atoms with Gasteiger partial charge in [-0.15, -0.1) is 0 Å². The molecule has 0 spiro atoms. The number of nitrogens with two attached hydrogens (primary N) is 1. The van der Waals surface area contributed by atoms with Crippen LogP contribution in [0.4, 0.5) is 14.4 Å². The summed E-state index contributed by atoms with van der Waals surface area (Å²) in [5.74, 6) is -1.80. The number of carbonyl (C=O) groups excluding carboxylic acids is 4. The van der Waals surface area contributed by atoms with E-state index in [4.69, 9.17) is 44.0 Å². The fourth-order valence-corrected chi connectivity index (χ4v) is 7.63. The molecule has 0 bridgehead atoms. The van der Waals surface area contributed by atoms with Crippen molar-refractivity contribution < 1.29 is 75.5 Å².